The number of carbonyl (C=O) groups is 2. The van der Waals surface area contributed by atoms with Crippen LogP contribution in [0.2, 0.25) is 0 Å². The van der Waals surface area contributed by atoms with Crippen molar-refractivity contribution in [2.75, 3.05) is 19.7 Å². The molecule has 1 fully saturated rings. The monoisotopic (exact) mass is 201 g/mol. The van der Waals surface area contributed by atoms with Gasteiger partial charge in [-0.1, -0.05) is 6.92 Å². The first-order valence-corrected chi connectivity index (χ1v) is 4.60. The Morgan fingerprint density at radius 2 is 2.07 bits per heavy atom. The summed E-state index contributed by atoms with van der Waals surface area (Å²) in [4.78, 5) is 23.1. The van der Waals surface area contributed by atoms with Crippen molar-refractivity contribution in [1.82, 2.24) is 4.90 Å². The van der Waals surface area contributed by atoms with E-state index in [1.165, 1.54) is 0 Å². The number of nitrogens with zero attached hydrogens (tertiary/aromatic N) is 1. The molecule has 5 nitrogen and oxygen atoms in total. The lowest BCUT2D eigenvalue weighted by molar-refractivity contribution is -0.173. The Kier molecular flexibility index (Phi) is 3.10. The molecule has 1 rings (SSSR count). The highest BCUT2D eigenvalue weighted by Gasteiger charge is 2.41. The van der Waals surface area contributed by atoms with Crippen LogP contribution in [-0.2, 0) is 14.3 Å². The van der Waals surface area contributed by atoms with E-state index in [0.717, 1.165) is 0 Å². The molecule has 80 valence electrons. The Labute approximate surface area is 82.6 Å². The van der Waals surface area contributed by atoms with E-state index in [2.05, 4.69) is 0 Å². The summed E-state index contributed by atoms with van der Waals surface area (Å²) in [7, 11) is 0. The van der Waals surface area contributed by atoms with Gasteiger partial charge in [-0.15, -0.1) is 0 Å². The number of hydrogen-bond donors (Lipinski definition) is 1. The van der Waals surface area contributed by atoms with E-state index < -0.39 is 11.6 Å². The van der Waals surface area contributed by atoms with E-state index in [1.54, 1.807) is 11.8 Å². The van der Waals surface area contributed by atoms with Crippen LogP contribution in [0.4, 0.5) is 0 Å². The maximum atomic E-state index is 11.2. The maximum Gasteiger partial charge on any atom is 0.329 e. The SMILES string of the molecule is CCC(=O)N1CC(C)(OCC(=O)O)C1. The summed E-state index contributed by atoms with van der Waals surface area (Å²) >= 11 is 0. The van der Waals surface area contributed by atoms with Crippen molar-refractivity contribution in [3.63, 3.8) is 0 Å². The summed E-state index contributed by atoms with van der Waals surface area (Å²) in [6, 6.07) is 0. The molecule has 1 heterocycles. The van der Waals surface area contributed by atoms with Gasteiger partial charge in [0.2, 0.25) is 5.91 Å². The Morgan fingerprint density at radius 1 is 1.50 bits per heavy atom. The molecule has 5 heteroatoms. The second-order valence-corrected chi connectivity index (χ2v) is 3.74. The first-order valence-electron chi connectivity index (χ1n) is 4.60. The third-order valence-electron chi connectivity index (χ3n) is 2.25. The van der Waals surface area contributed by atoms with Crippen molar-refractivity contribution in [2.45, 2.75) is 25.9 Å². The number of carboxylic acids is 1. The topological polar surface area (TPSA) is 66.8 Å². The molecule has 1 aliphatic heterocycles. The largest absolute Gasteiger partial charge is 0.480 e. The number of ether oxygens (including phenoxy) is 1. The van der Waals surface area contributed by atoms with Gasteiger partial charge in [0.05, 0.1) is 13.1 Å². The third-order valence-corrected chi connectivity index (χ3v) is 2.25. The zero-order valence-electron chi connectivity index (χ0n) is 8.45. The molecule has 1 saturated heterocycles. The standard InChI is InChI=1S/C9H15NO4/c1-3-7(11)10-5-9(2,6-10)14-4-8(12)13/h3-6H2,1-2H3,(H,12,13). The van der Waals surface area contributed by atoms with Gasteiger partial charge in [-0.2, -0.15) is 0 Å². The molecule has 0 atom stereocenters. The van der Waals surface area contributed by atoms with E-state index in [9.17, 15) is 9.59 Å². The van der Waals surface area contributed by atoms with Crippen molar-refractivity contribution < 1.29 is 19.4 Å². The summed E-state index contributed by atoms with van der Waals surface area (Å²) < 4.78 is 5.16. The fraction of sp³-hybridized carbons (Fsp3) is 0.778. The van der Waals surface area contributed by atoms with Crippen LogP contribution in [-0.4, -0.2) is 47.2 Å². The molecule has 0 aromatic heterocycles. The van der Waals surface area contributed by atoms with Crippen molar-refractivity contribution >= 4 is 11.9 Å². The molecule has 0 unspecified atom stereocenters. The van der Waals surface area contributed by atoms with Crippen molar-refractivity contribution in [2.24, 2.45) is 0 Å². The van der Waals surface area contributed by atoms with Crippen LogP contribution in [0.5, 0.6) is 0 Å². The van der Waals surface area contributed by atoms with Crippen molar-refractivity contribution in [3.8, 4) is 0 Å². The molecule has 0 aliphatic carbocycles. The number of carboxylic acid groups (broad SMARTS) is 1. The van der Waals surface area contributed by atoms with E-state index in [-0.39, 0.29) is 12.5 Å². The minimum Gasteiger partial charge on any atom is -0.480 e. The van der Waals surface area contributed by atoms with E-state index in [1.807, 2.05) is 6.92 Å². The van der Waals surface area contributed by atoms with Crippen LogP contribution in [0.3, 0.4) is 0 Å². The van der Waals surface area contributed by atoms with E-state index in [0.29, 0.717) is 19.5 Å². The van der Waals surface area contributed by atoms with Crippen LogP contribution < -0.4 is 0 Å². The minimum atomic E-state index is -0.980. The third kappa shape index (κ3) is 2.45. The Bertz CT molecular complexity index is 245. The molecule has 1 amide bonds. The van der Waals surface area contributed by atoms with Gasteiger partial charge in [0.25, 0.3) is 0 Å². The highest BCUT2D eigenvalue weighted by molar-refractivity contribution is 5.77. The summed E-state index contributed by atoms with van der Waals surface area (Å²) in [5.41, 5.74) is -0.469. The van der Waals surface area contributed by atoms with Crippen molar-refractivity contribution in [1.29, 1.82) is 0 Å². The molecule has 1 N–H and O–H groups in total. The van der Waals surface area contributed by atoms with Crippen LogP contribution >= 0.6 is 0 Å². The number of carbonyl (C=O) groups excluding carboxylic acids is 1. The molecular weight excluding hydrogens is 186 g/mol. The van der Waals surface area contributed by atoms with Gasteiger partial charge in [-0.25, -0.2) is 4.79 Å². The van der Waals surface area contributed by atoms with Gasteiger partial charge in [0, 0.05) is 6.42 Å². The zero-order chi connectivity index (χ0) is 10.8. The molecule has 0 bridgehead atoms. The average Bonchev–Trinajstić information content (AvgIpc) is 2.09. The van der Waals surface area contributed by atoms with Crippen LogP contribution in [0, 0.1) is 0 Å². The normalized spacial score (nSPS) is 18.9. The van der Waals surface area contributed by atoms with Gasteiger partial charge in [-0.3, -0.25) is 4.79 Å². The predicted octanol–water partition coefficient (Wildman–Crippen LogP) is 0.0985. The maximum absolute atomic E-state index is 11.2. The Hall–Kier alpha value is -1.10. The average molecular weight is 201 g/mol. The molecule has 14 heavy (non-hydrogen) atoms. The van der Waals surface area contributed by atoms with E-state index in [4.69, 9.17) is 9.84 Å². The van der Waals surface area contributed by atoms with Gasteiger partial charge < -0.3 is 14.7 Å². The Balaban J connectivity index is 2.30. The predicted molar refractivity (Wildman–Crippen MR) is 48.9 cm³/mol. The lowest BCUT2D eigenvalue weighted by Crippen LogP contribution is -2.63. The van der Waals surface area contributed by atoms with Gasteiger partial charge in [0.1, 0.15) is 12.2 Å². The molecule has 1 aliphatic rings. The first kappa shape index (κ1) is 11.0. The van der Waals surface area contributed by atoms with Crippen LogP contribution in [0.15, 0.2) is 0 Å². The second-order valence-electron chi connectivity index (χ2n) is 3.74. The van der Waals surface area contributed by atoms with Crippen LogP contribution in [0.1, 0.15) is 20.3 Å². The summed E-state index contributed by atoms with van der Waals surface area (Å²) in [5.74, 6) is -0.895. The molecule has 0 aromatic carbocycles. The van der Waals surface area contributed by atoms with E-state index >= 15 is 0 Å². The number of aliphatic carboxylic acids is 1. The summed E-state index contributed by atoms with van der Waals surface area (Å²) in [6.07, 6.45) is 0.481. The summed E-state index contributed by atoms with van der Waals surface area (Å²) in [6.45, 7) is 4.30. The van der Waals surface area contributed by atoms with Gasteiger partial charge in [-0.05, 0) is 6.92 Å². The van der Waals surface area contributed by atoms with Gasteiger partial charge >= 0.3 is 5.97 Å². The molecular formula is C9H15NO4. The van der Waals surface area contributed by atoms with Gasteiger partial charge in [0.15, 0.2) is 0 Å². The fourth-order valence-electron chi connectivity index (χ4n) is 1.49. The van der Waals surface area contributed by atoms with Crippen molar-refractivity contribution in [3.05, 3.63) is 0 Å². The minimum absolute atomic E-state index is 0.0846. The molecule has 0 radical (unpaired) electrons. The molecule has 0 saturated carbocycles. The lowest BCUT2D eigenvalue weighted by atomic mass is 9.96. The number of likely N-dealkylation sites (tertiary alicyclic amines) is 1. The quantitative estimate of drug-likeness (QED) is 0.700. The summed E-state index contributed by atoms with van der Waals surface area (Å²) in [5, 5.41) is 8.41. The van der Waals surface area contributed by atoms with Crippen LogP contribution in [0.25, 0.3) is 0 Å². The second kappa shape index (κ2) is 3.96. The number of amides is 1. The first-order chi connectivity index (χ1) is 6.47. The number of hydrogen-bond acceptors (Lipinski definition) is 3. The molecule has 0 spiro atoms. The number of rotatable bonds is 4. The lowest BCUT2D eigenvalue weighted by Gasteiger charge is -2.47. The highest BCUT2D eigenvalue weighted by Crippen LogP contribution is 2.24. The zero-order valence-corrected chi connectivity index (χ0v) is 8.45. The smallest absolute Gasteiger partial charge is 0.329 e. The Morgan fingerprint density at radius 3 is 2.50 bits per heavy atom. The fourth-order valence-corrected chi connectivity index (χ4v) is 1.49. The highest BCUT2D eigenvalue weighted by atomic mass is 16.5. The molecule has 0 aromatic rings.